The number of nitrogens with one attached hydrogen (secondary N) is 1. The van der Waals surface area contributed by atoms with Crippen molar-refractivity contribution in [1.29, 1.82) is 0 Å². The van der Waals surface area contributed by atoms with Crippen molar-refractivity contribution < 1.29 is 18.7 Å². The topological polar surface area (TPSA) is 66.9 Å². The summed E-state index contributed by atoms with van der Waals surface area (Å²) in [6.07, 6.45) is 2.80. The van der Waals surface area contributed by atoms with Gasteiger partial charge in [0.05, 0.1) is 19.6 Å². The Kier molecular flexibility index (Phi) is 10.1. The standard InChI is InChI=1S/C30H37FN4O3/c1-3-37-28-9-6-24(7-10-28)25-5-8-27(32-22-25)20-30(36)33-21-23-17-26(31)19-29(18-23)38-16-4-11-35-14-12-34(2)13-15-35/h5-10,17-19,22H,3-4,11-16,20-21H2,1-2H3,(H,33,36). The molecule has 2 aromatic carbocycles. The lowest BCUT2D eigenvalue weighted by atomic mass is 10.1. The molecule has 3 aromatic rings. The fraction of sp³-hybridized carbons (Fsp3) is 0.400. The van der Waals surface area contributed by atoms with Gasteiger partial charge in [-0.25, -0.2) is 4.39 Å². The quantitative estimate of drug-likeness (QED) is 0.362. The van der Waals surface area contributed by atoms with E-state index in [1.54, 1.807) is 12.3 Å². The molecule has 0 saturated carbocycles. The summed E-state index contributed by atoms with van der Waals surface area (Å²) in [7, 11) is 2.14. The maximum absolute atomic E-state index is 14.2. The maximum atomic E-state index is 14.2. The van der Waals surface area contributed by atoms with Crippen molar-refractivity contribution in [3.8, 4) is 22.6 Å². The minimum absolute atomic E-state index is 0.147. The molecule has 0 unspecified atom stereocenters. The molecule has 0 spiro atoms. The van der Waals surface area contributed by atoms with Crippen LogP contribution in [0, 0.1) is 5.82 Å². The highest BCUT2D eigenvalue weighted by Gasteiger charge is 2.13. The predicted molar refractivity (Wildman–Crippen MR) is 147 cm³/mol. The molecule has 38 heavy (non-hydrogen) atoms. The number of nitrogens with zero attached hydrogens (tertiary/aromatic N) is 3. The van der Waals surface area contributed by atoms with Gasteiger partial charge >= 0.3 is 0 Å². The van der Waals surface area contributed by atoms with Gasteiger partial charge in [0.25, 0.3) is 0 Å². The van der Waals surface area contributed by atoms with Crippen LogP contribution in [-0.2, 0) is 17.8 Å². The van der Waals surface area contributed by atoms with Gasteiger partial charge in [0.2, 0.25) is 5.91 Å². The summed E-state index contributed by atoms with van der Waals surface area (Å²) in [5.41, 5.74) is 3.32. The number of likely N-dealkylation sites (N-methyl/N-ethyl adjacent to an activating group) is 1. The fourth-order valence-corrected chi connectivity index (χ4v) is 4.39. The zero-order valence-electron chi connectivity index (χ0n) is 22.3. The lowest BCUT2D eigenvalue weighted by molar-refractivity contribution is -0.120. The highest BCUT2D eigenvalue weighted by atomic mass is 19.1. The Labute approximate surface area is 224 Å². The number of piperazine rings is 1. The SMILES string of the molecule is CCOc1ccc(-c2ccc(CC(=O)NCc3cc(F)cc(OCCCN4CCN(C)CC4)c3)nc2)cc1. The van der Waals surface area contributed by atoms with Crippen LogP contribution in [0.15, 0.2) is 60.8 Å². The number of carbonyl (C=O) groups excluding carboxylic acids is 1. The second-order valence-corrected chi connectivity index (χ2v) is 9.59. The molecule has 2 heterocycles. The second kappa shape index (κ2) is 13.9. The zero-order chi connectivity index (χ0) is 26.7. The van der Waals surface area contributed by atoms with Gasteiger partial charge in [-0.2, -0.15) is 0 Å². The third-order valence-corrected chi connectivity index (χ3v) is 6.57. The summed E-state index contributed by atoms with van der Waals surface area (Å²) < 4.78 is 25.4. The number of ether oxygens (including phenoxy) is 2. The van der Waals surface area contributed by atoms with Crippen LogP contribution in [0.3, 0.4) is 0 Å². The molecule has 0 aliphatic carbocycles. The summed E-state index contributed by atoms with van der Waals surface area (Å²) in [5, 5.41) is 2.85. The number of pyridine rings is 1. The van der Waals surface area contributed by atoms with Gasteiger partial charge in [0.1, 0.15) is 17.3 Å². The first-order valence-electron chi connectivity index (χ1n) is 13.3. The summed E-state index contributed by atoms with van der Waals surface area (Å²) in [6, 6.07) is 16.2. The van der Waals surface area contributed by atoms with Gasteiger partial charge in [-0.05, 0) is 61.9 Å². The molecular formula is C30H37FN4O3. The molecule has 1 aliphatic rings. The third kappa shape index (κ3) is 8.53. The number of carbonyl (C=O) groups is 1. The van der Waals surface area contributed by atoms with Crippen LogP contribution in [0.25, 0.3) is 11.1 Å². The number of hydrogen-bond donors (Lipinski definition) is 1. The zero-order valence-corrected chi connectivity index (χ0v) is 22.3. The first-order chi connectivity index (χ1) is 18.5. The van der Waals surface area contributed by atoms with Crippen molar-refractivity contribution >= 4 is 5.91 Å². The van der Waals surface area contributed by atoms with Crippen LogP contribution < -0.4 is 14.8 Å². The van der Waals surface area contributed by atoms with Gasteiger partial charge in [-0.1, -0.05) is 18.2 Å². The molecule has 4 rings (SSSR count). The van der Waals surface area contributed by atoms with Crippen molar-refractivity contribution in [2.75, 3.05) is 53.0 Å². The second-order valence-electron chi connectivity index (χ2n) is 9.59. The van der Waals surface area contributed by atoms with Crippen molar-refractivity contribution in [2.24, 2.45) is 0 Å². The lowest BCUT2D eigenvalue weighted by Crippen LogP contribution is -2.44. The van der Waals surface area contributed by atoms with E-state index in [-0.39, 0.29) is 24.7 Å². The van der Waals surface area contributed by atoms with E-state index in [1.807, 2.05) is 43.3 Å². The summed E-state index contributed by atoms with van der Waals surface area (Å²) >= 11 is 0. The molecule has 1 fully saturated rings. The van der Waals surface area contributed by atoms with Crippen LogP contribution in [0.2, 0.25) is 0 Å². The number of amides is 1. The lowest BCUT2D eigenvalue weighted by Gasteiger charge is -2.32. The number of benzene rings is 2. The Morgan fingerprint density at radius 1 is 0.974 bits per heavy atom. The van der Waals surface area contributed by atoms with E-state index in [9.17, 15) is 9.18 Å². The Morgan fingerprint density at radius 2 is 1.74 bits per heavy atom. The monoisotopic (exact) mass is 520 g/mol. The van der Waals surface area contributed by atoms with Crippen LogP contribution in [-0.4, -0.2) is 73.7 Å². The summed E-state index contributed by atoms with van der Waals surface area (Å²) in [4.78, 5) is 21.7. The molecule has 0 bridgehead atoms. The number of aromatic nitrogens is 1. The van der Waals surface area contributed by atoms with Gasteiger partial charge < -0.3 is 24.6 Å². The predicted octanol–water partition coefficient (Wildman–Crippen LogP) is 4.16. The normalized spacial score (nSPS) is 14.3. The van der Waals surface area contributed by atoms with Crippen LogP contribution in [0.5, 0.6) is 11.5 Å². The van der Waals surface area contributed by atoms with Gasteiger partial charge in [0.15, 0.2) is 0 Å². The molecule has 0 radical (unpaired) electrons. The van der Waals surface area contributed by atoms with E-state index in [0.29, 0.717) is 30.2 Å². The highest BCUT2D eigenvalue weighted by Crippen LogP contribution is 2.22. The molecule has 1 aliphatic heterocycles. The highest BCUT2D eigenvalue weighted by molar-refractivity contribution is 5.78. The van der Waals surface area contributed by atoms with E-state index >= 15 is 0 Å². The first-order valence-corrected chi connectivity index (χ1v) is 13.3. The largest absolute Gasteiger partial charge is 0.494 e. The van der Waals surface area contributed by atoms with Crippen molar-refractivity contribution in [3.05, 3.63) is 77.9 Å². The fourth-order valence-electron chi connectivity index (χ4n) is 4.39. The van der Waals surface area contributed by atoms with Gasteiger partial charge in [0, 0.05) is 62.8 Å². The number of halogens is 1. The Hall–Kier alpha value is -3.49. The average Bonchev–Trinajstić information content (AvgIpc) is 2.92. The van der Waals surface area contributed by atoms with E-state index in [0.717, 1.165) is 56.0 Å². The molecule has 1 amide bonds. The minimum atomic E-state index is -0.377. The molecule has 1 saturated heterocycles. The molecule has 7 nitrogen and oxygen atoms in total. The van der Waals surface area contributed by atoms with Crippen LogP contribution >= 0.6 is 0 Å². The van der Waals surface area contributed by atoms with E-state index < -0.39 is 0 Å². The minimum Gasteiger partial charge on any atom is -0.494 e. The van der Waals surface area contributed by atoms with Crippen LogP contribution in [0.4, 0.5) is 4.39 Å². The molecule has 1 N–H and O–H groups in total. The molecular weight excluding hydrogens is 483 g/mol. The van der Waals surface area contributed by atoms with E-state index in [1.165, 1.54) is 12.1 Å². The smallest absolute Gasteiger partial charge is 0.226 e. The van der Waals surface area contributed by atoms with E-state index in [2.05, 4.69) is 27.1 Å². The first kappa shape index (κ1) is 27.5. The summed E-state index contributed by atoms with van der Waals surface area (Å²) in [5.74, 6) is 0.762. The Bertz CT molecular complexity index is 1160. The average molecular weight is 521 g/mol. The van der Waals surface area contributed by atoms with Gasteiger partial charge in [-0.15, -0.1) is 0 Å². The van der Waals surface area contributed by atoms with Crippen molar-refractivity contribution in [1.82, 2.24) is 20.1 Å². The maximum Gasteiger partial charge on any atom is 0.226 e. The molecule has 202 valence electrons. The van der Waals surface area contributed by atoms with Crippen molar-refractivity contribution in [2.45, 2.75) is 26.3 Å². The van der Waals surface area contributed by atoms with Crippen LogP contribution in [0.1, 0.15) is 24.6 Å². The summed E-state index contributed by atoms with van der Waals surface area (Å²) in [6.45, 7) is 8.62. The third-order valence-electron chi connectivity index (χ3n) is 6.57. The van der Waals surface area contributed by atoms with Gasteiger partial charge in [-0.3, -0.25) is 9.78 Å². The molecule has 1 aromatic heterocycles. The Balaban J connectivity index is 1.21. The van der Waals surface area contributed by atoms with E-state index in [4.69, 9.17) is 9.47 Å². The molecule has 0 atom stereocenters. The van der Waals surface area contributed by atoms with Crippen molar-refractivity contribution in [3.63, 3.8) is 0 Å². The number of hydrogen-bond acceptors (Lipinski definition) is 6. The Morgan fingerprint density at radius 3 is 2.45 bits per heavy atom. The number of rotatable bonds is 12. The molecule has 8 heteroatoms.